The van der Waals surface area contributed by atoms with E-state index in [4.69, 9.17) is 0 Å². The van der Waals surface area contributed by atoms with Crippen molar-refractivity contribution in [3.8, 4) is 0 Å². The van der Waals surface area contributed by atoms with Crippen LogP contribution in [0.2, 0.25) is 0 Å². The molecule has 112 valence electrons. The molecule has 1 saturated carbocycles. The highest BCUT2D eigenvalue weighted by molar-refractivity contribution is 8.03. The molecule has 5 nitrogen and oxygen atoms in total. The minimum Gasteiger partial charge on any atom is -0.480 e. The van der Waals surface area contributed by atoms with Crippen molar-refractivity contribution in [2.75, 3.05) is 18.6 Å². The summed E-state index contributed by atoms with van der Waals surface area (Å²) in [5, 5.41) is 21.1. The van der Waals surface area contributed by atoms with Crippen molar-refractivity contribution in [3.05, 3.63) is 0 Å². The molecule has 0 aromatic carbocycles. The summed E-state index contributed by atoms with van der Waals surface area (Å²) in [6.45, 7) is 2.78. The van der Waals surface area contributed by atoms with Crippen LogP contribution in [0.5, 0.6) is 0 Å². The number of aliphatic carboxylic acids is 1. The van der Waals surface area contributed by atoms with Crippen LogP contribution >= 0.6 is 34.9 Å². The van der Waals surface area contributed by atoms with Crippen LogP contribution in [0.1, 0.15) is 26.2 Å². The molecule has 0 bridgehead atoms. The standard InChI is InChI=1S/C12H19N3O2S3/c1-3-6-13-12(9(16)17,8-4-5-8)7-19-11-15-14-10(18-2)20-11/h8,13H,3-7H2,1-2H3,(H,16,17). The fraction of sp³-hybridized carbons (Fsp3) is 0.750. The first kappa shape index (κ1) is 16.1. The highest BCUT2D eigenvalue weighted by Crippen LogP contribution is 2.43. The Kier molecular flexibility index (Phi) is 5.71. The van der Waals surface area contributed by atoms with Gasteiger partial charge in [0.05, 0.1) is 0 Å². The minimum absolute atomic E-state index is 0.243. The second-order valence-corrected chi connectivity index (χ2v) is 8.06. The summed E-state index contributed by atoms with van der Waals surface area (Å²) in [4.78, 5) is 11.8. The highest BCUT2D eigenvalue weighted by atomic mass is 32.2. The van der Waals surface area contributed by atoms with Crippen molar-refractivity contribution in [1.29, 1.82) is 0 Å². The summed E-state index contributed by atoms with van der Waals surface area (Å²) in [7, 11) is 0. The largest absolute Gasteiger partial charge is 0.480 e. The smallest absolute Gasteiger partial charge is 0.325 e. The molecule has 0 aliphatic heterocycles. The van der Waals surface area contributed by atoms with Crippen LogP contribution in [0.25, 0.3) is 0 Å². The minimum atomic E-state index is -0.814. The fourth-order valence-corrected chi connectivity index (χ4v) is 4.79. The van der Waals surface area contributed by atoms with Gasteiger partial charge in [0.2, 0.25) is 0 Å². The summed E-state index contributed by atoms with van der Waals surface area (Å²) in [5.74, 6) is 0.0123. The van der Waals surface area contributed by atoms with E-state index < -0.39 is 11.5 Å². The Balaban J connectivity index is 2.04. The summed E-state index contributed by atoms with van der Waals surface area (Å²) in [6, 6.07) is 0. The lowest BCUT2D eigenvalue weighted by Crippen LogP contribution is -2.56. The van der Waals surface area contributed by atoms with E-state index in [0.29, 0.717) is 5.75 Å². The molecule has 1 atom stereocenters. The van der Waals surface area contributed by atoms with Gasteiger partial charge in [-0.05, 0) is 38.0 Å². The Labute approximate surface area is 131 Å². The van der Waals surface area contributed by atoms with Crippen molar-refractivity contribution < 1.29 is 9.90 Å². The molecule has 1 heterocycles. The highest BCUT2D eigenvalue weighted by Gasteiger charge is 2.50. The summed E-state index contributed by atoms with van der Waals surface area (Å²) >= 11 is 4.58. The molecule has 1 aliphatic carbocycles. The van der Waals surface area contributed by atoms with Crippen molar-refractivity contribution in [2.45, 2.75) is 40.4 Å². The zero-order chi connectivity index (χ0) is 14.6. The molecule has 1 aromatic heterocycles. The Hall–Kier alpha value is -0.310. The third-order valence-corrected chi connectivity index (χ3v) is 6.56. The lowest BCUT2D eigenvalue weighted by molar-refractivity contribution is -0.144. The number of nitrogens with zero attached hydrogens (tertiary/aromatic N) is 2. The van der Waals surface area contributed by atoms with Gasteiger partial charge in [-0.15, -0.1) is 10.2 Å². The van der Waals surface area contributed by atoms with Crippen molar-refractivity contribution in [3.63, 3.8) is 0 Å². The van der Waals surface area contributed by atoms with Crippen LogP contribution in [0.15, 0.2) is 8.68 Å². The van der Waals surface area contributed by atoms with Crippen molar-refractivity contribution in [1.82, 2.24) is 15.5 Å². The zero-order valence-corrected chi connectivity index (χ0v) is 14.0. The molecule has 2 rings (SSSR count). The van der Waals surface area contributed by atoms with Gasteiger partial charge in [-0.25, -0.2) is 0 Å². The fourth-order valence-electron chi connectivity index (χ4n) is 2.06. The molecule has 20 heavy (non-hydrogen) atoms. The van der Waals surface area contributed by atoms with Crippen LogP contribution in [0.3, 0.4) is 0 Å². The third kappa shape index (κ3) is 3.66. The molecule has 8 heteroatoms. The van der Waals surface area contributed by atoms with Crippen LogP contribution in [0, 0.1) is 5.92 Å². The van der Waals surface area contributed by atoms with E-state index in [1.54, 1.807) is 11.8 Å². The van der Waals surface area contributed by atoms with Gasteiger partial charge in [0.25, 0.3) is 0 Å². The maximum atomic E-state index is 11.8. The van der Waals surface area contributed by atoms with Gasteiger partial charge in [0.15, 0.2) is 8.68 Å². The van der Waals surface area contributed by atoms with E-state index in [2.05, 4.69) is 22.4 Å². The first-order chi connectivity index (χ1) is 9.62. The maximum Gasteiger partial charge on any atom is 0.325 e. The molecule has 1 aromatic rings. The molecule has 1 aliphatic rings. The number of rotatable bonds is 9. The predicted octanol–water partition coefficient (Wildman–Crippen LogP) is 2.59. The molecule has 0 radical (unpaired) electrons. The number of hydrogen-bond donors (Lipinski definition) is 2. The monoisotopic (exact) mass is 333 g/mol. The number of thioether (sulfide) groups is 2. The number of carboxylic acids is 1. The molecular weight excluding hydrogens is 314 g/mol. The Morgan fingerprint density at radius 2 is 2.20 bits per heavy atom. The van der Waals surface area contributed by atoms with Crippen molar-refractivity contribution >= 4 is 40.8 Å². The van der Waals surface area contributed by atoms with Crippen molar-refractivity contribution in [2.24, 2.45) is 5.92 Å². The van der Waals surface area contributed by atoms with Crippen LogP contribution in [-0.2, 0) is 4.79 Å². The van der Waals surface area contributed by atoms with Gasteiger partial charge in [0, 0.05) is 5.75 Å². The van der Waals surface area contributed by atoms with Crippen LogP contribution < -0.4 is 5.32 Å². The molecule has 0 spiro atoms. The van der Waals surface area contributed by atoms with E-state index in [1.165, 1.54) is 23.1 Å². The molecule has 1 fully saturated rings. The topological polar surface area (TPSA) is 75.1 Å². The average Bonchev–Trinajstić information content (AvgIpc) is 3.18. The summed E-state index contributed by atoms with van der Waals surface area (Å²) in [5.41, 5.74) is -0.814. The van der Waals surface area contributed by atoms with Crippen LogP contribution in [0.4, 0.5) is 0 Å². The first-order valence-electron chi connectivity index (χ1n) is 6.61. The maximum absolute atomic E-state index is 11.8. The normalized spacial score (nSPS) is 17.9. The Bertz CT molecular complexity index is 465. The lowest BCUT2D eigenvalue weighted by Gasteiger charge is -2.30. The first-order valence-corrected chi connectivity index (χ1v) is 9.63. The number of aromatic nitrogens is 2. The second kappa shape index (κ2) is 7.11. The molecule has 0 amide bonds. The van der Waals surface area contributed by atoms with Gasteiger partial charge in [0.1, 0.15) is 5.54 Å². The van der Waals surface area contributed by atoms with Gasteiger partial charge in [-0.1, -0.05) is 41.8 Å². The van der Waals surface area contributed by atoms with E-state index in [0.717, 1.165) is 34.5 Å². The van der Waals surface area contributed by atoms with Gasteiger partial charge in [-0.2, -0.15) is 0 Å². The van der Waals surface area contributed by atoms with Gasteiger partial charge >= 0.3 is 5.97 Å². The van der Waals surface area contributed by atoms with E-state index >= 15 is 0 Å². The Morgan fingerprint density at radius 1 is 1.50 bits per heavy atom. The van der Waals surface area contributed by atoms with Crippen LogP contribution in [-0.4, -0.2) is 45.4 Å². The molecule has 0 saturated heterocycles. The zero-order valence-electron chi connectivity index (χ0n) is 11.6. The van der Waals surface area contributed by atoms with E-state index in [-0.39, 0.29) is 5.92 Å². The quantitative estimate of drug-likeness (QED) is 0.673. The third-order valence-electron chi connectivity index (χ3n) is 3.33. The van der Waals surface area contributed by atoms with Gasteiger partial charge < -0.3 is 10.4 Å². The van der Waals surface area contributed by atoms with Gasteiger partial charge in [-0.3, -0.25) is 4.79 Å². The number of hydrogen-bond acceptors (Lipinski definition) is 7. The average molecular weight is 334 g/mol. The Morgan fingerprint density at radius 3 is 2.70 bits per heavy atom. The summed E-state index contributed by atoms with van der Waals surface area (Å²) in [6.07, 6.45) is 4.89. The summed E-state index contributed by atoms with van der Waals surface area (Å²) < 4.78 is 1.76. The van der Waals surface area contributed by atoms with E-state index in [9.17, 15) is 9.90 Å². The number of carbonyl (C=O) groups is 1. The second-order valence-electron chi connectivity index (χ2n) is 4.80. The molecule has 1 unspecified atom stereocenters. The van der Waals surface area contributed by atoms with E-state index in [1.807, 2.05) is 6.26 Å². The lowest BCUT2D eigenvalue weighted by atomic mass is 9.95. The number of nitrogens with one attached hydrogen (secondary N) is 1. The molecule has 2 N–H and O–H groups in total. The molecular formula is C12H19N3O2S3. The predicted molar refractivity (Wildman–Crippen MR) is 83.8 cm³/mol. The number of carboxylic acid groups (broad SMARTS) is 1. The SMILES string of the molecule is CCCNC(CSc1nnc(SC)s1)(C(=O)O)C1CC1.